The Balaban J connectivity index is 2.37. The molecular weight excluding hydrogens is 495 g/mol. The van der Waals surface area contributed by atoms with E-state index in [1.165, 1.54) is 13.0 Å². The average Bonchev–Trinajstić information content (AvgIpc) is 2.72. The van der Waals surface area contributed by atoms with E-state index in [1.54, 1.807) is 30.3 Å². The van der Waals surface area contributed by atoms with Gasteiger partial charge in [0.1, 0.15) is 17.6 Å². The quantitative estimate of drug-likeness (QED) is 0.450. The number of rotatable bonds is 7. The van der Waals surface area contributed by atoms with Crippen LogP contribution < -0.4 is 4.74 Å². The number of aromatic carboxylic acids is 1. The van der Waals surface area contributed by atoms with Crippen molar-refractivity contribution >= 4 is 27.4 Å². The summed E-state index contributed by atoms with van der Waals surface area (Å²) < 4.78 is 73.8. The minimum Gasteiger partial charge on any atom is -0.487 e. The third-order valence-electron chi connectivity index (χ3n) is 5.02. The van der Waals surface area contributed by atoms with Crippen LogP contribution in [-0.2, 0) is 22.6 Å². The minimum absolute atomic E-state index is 0.133. The second-order valence-electron chi connectivity index (χ2n) is 7.51. The molecule has 0 aliphatic heterocycles. The molecule has 0 radical (unpaired) electrons. The zero-order valence-corrected chi connectivity index (χ0v) is 19.5. The van der Waals surface area contributed by atoms with Gasteiger partial charge in [0.25, 0.3) is 0 Å². The summed E-state index contributed by atoms with van der Waals surface area (Å²) in [6.07, 6.45) is -3.16. The Morgan fingerprint density at radius 1 is 1.15 bits per heavy atom. The molecule has 3 aromatic rings. The zero-order valence-electron chi connectivity index (χ0n) is 17.9. The number of alkyl halides is 3. The molecule has 0 saturated carbocycles. The van der Waals surface area contributed by atoms with E-state index in [4.69, 9.17) is 16.3 Å². The van der Waals surface area contributed by atoms with Gasteiger partial charge in [0.2, 0.25) is 0 Å². The molecule has 1 aromatic heterocycles. The molecule has 0 fully saturated rings. The predicted octanol–water partition coefficient (Wildman–Crippen LogP) is 5.47. The van der Waals surface area contributed by atoms with Gasteiger partial charge in [0.15, 0.2) is 9.84 Å². The number of ether oxygens (including phenoxy) is 1. The fourth-order valence-corrected chi connectivity index (χ4v) is 5.03. The van der Waals surface area contributed by atoms with Crippen LogP contribution >= 0.6 is 11.6 Å². The van der Waals surface area contributed by atoms with Crippen LogP contribution in [0.4, 0.5) is 13.2 Å². The van der Waals surface area contributed by atoms with Crippen LogP contribution in [0, 0.1) is 6.92 Å². The standard InChI is InChI=1S/C23H19ClF3NO5S/c1-13-10-11-28-19(17(13)22(29)30)21(34(2,31)32)18-15(23(25,26)27)8-9-16(24)20(18)33-12-14-6-4-3-5-7-14/h3-11,21H,12H2,1-2H3,(H,29,30). The lowest BCUT2D eigenvalue weighted by Gasteiger charge is -2.25. The van der Waals surface area contributed by atoms with E-state index < -0.39 is 55.4 Å². The Bertz CT molecular complexity index is 1330. The first-order valence-electron chi connectivity index (χ1n) is 9.76. The van der Waals surface area contributed by atoms with Gasteiger partial charge in [-0.25, -0.2) is 13.2 Å². The first-order valence-corrected chi connectivity index (χ1v) is 12.1. The predicted molar refractivity (Wildman–Crippen MR) is 120 cm³/mol. The van der Waals surface area contributed by atoms with Crippen molar-refractivity contribution in [2.75, 3.05) is 6.26 Å². The molecule has 0 saturated heterocycles. The molecular formula is C23H19ClF3NO5S. The number of hydrogen-bond donors (Lipinski definition) is 1. The van der Waals surface area contributed by atoms with Gasteiger partial charge in [-0.05, 0) is 36.2 Å². The maximum Gasteiger partial charge on any atom is 0.416 e. The molecule has 11 heteroatoms. The van der Waals surface area contributed by atoms with Crippen molar-refractivity contribution < 1.29 is 36.2 Å². The largest absolute Gasteiger partial charge is 0.487 e. The van der Waals surface area contributed by atoms with Gasteiger partial charge in [0, 0.05) is 18.0 Å². The van der Waals surface area contributed by atoms with Crippen molar-refractivity contribution in [3.05, 3.63) is 93.3 Å². The molecule has 1 heterocycles. The van der Waals surface area contributed by atoms with Gasteiger partial charge < -0.3 is 9.84 Å². The summed E-state index contributed by atoms with van der Waals surface area (Å²) in [5.41, 5.74) is -2.49. The third kappa shape index (κ3) is 5.34. The lowest BCUT2D eigenvalue weighted by molar-refractivity contribution is -0.138. The molecule has 1 unspecified atom stereocenters. The normalized spacial score (nSPS) is 12.9. The average molecular weight is 514 g/mol. The van der Waals surface area contributed by atoms with Crippen molar-refractivity contribution in [3.8, 4) is 5.75 Å². The molecule has 3 rings (SSSR count). The summed E-state index contributed by atoms with van der Waals surface area (Å²) in [5, 5.41) is 7.32. The number of carboxylic acids is 1. The second-order valence-corrected chi connectivity index (χ2v) is 10.1. The monoisotopic (exact) mass is 513 g/mol. The van der Waals surface area contributed by atoms with Gasteiger partial charge in [-0.3, -0.25) is 4.98 Å². The fourth-order valence-electron chi connectivity index (χ4n) is 3.57. The Kier molecular flexibility index (Phi) is 7.23. The highest BCUT2D eigenvalue weighted by Crippen LogP contribution is 2.47. The van der Waals surface area contributed by atoms with E-state index in [0.29, 0.717) is 17.9 Å². The van der Waals surface area contributed by atoms with Crippen LogP contribution in [0.25, 0.3) is 0 Å². The van der Waals surface area contributed by atoms with Gasteiger partial charge in [-0.1, -0.05) is 41.9 Å². The number of nitrogens with zero attached hydrogens (tertiary/aromatic N) is 1. The molecule has 0 aliphatic rings. The molecule has 6 nitrogen and oxygen atoms in total. The molecule has 180 valence electrons. The SMILES string of the molecule is Cc1ccnc(C(c2c(C(F)(F)F)ccc(Cl)c2OCc2ccccc2)S(C)(=O)=O)c1C(=O)O. The molecule has 2 aromatic carbocycles. The van der Waals surface area contributed by atoms with Crippen molar-refractivity contribution in [3.63, 3.8) is 0 Å². The van der Waals surface area contributed by atoms with E-state index in [2.05, 4.69) is 4.98 Å². The van der Waals surface area contributed by atoms with Crippen LogP contribution in [0.5, 0.6) is 5.75 Å². The minimum atomic E-state index is -5.00. The first-order chi connectivity index (χ1) is 15.8. The summed E-state index contributed by atoms with van der Waals surface area (Å²) in [5.74, 6) is -2.05. The number of aryl methyl sites for hydroxylation is 1. The van der Waals surface area contributed by atoms with Gasteiger partial charge in [-0.2, -0.15) is 13.2 Å². The maximum absolute atomic E-state index is 14.1. The van der Waals surface area contributed by atoms with E-state index in [0.717, 1.165) is 12.3 Å². The Morgan fingerprint density at radius 2 is 1.79 bits per heavy atom. The summed E-state index contributed by atoms with van der Waals surface area (Å²) in [6, 6.07) is 11.4. The number of pyridine rings is 1. The molecule has 1 atom stereocenters. The highest BCUT2D eigenvalue weighted by atomic mass is 35.5. The smallest absolute Gasteiger partial charge is 0.416 e. The number of sulfone groups is 1. The summed E-state index contributed by atoms with van der Waals surface area (Å²) in [6.45, 7) is 1.18. The molecule has 0 amide bonds. The van der Waals surface area contributed by atoms with Crippen molar-refractivity contribution in [1.29, 1.82) is 0 Å². The van der Waals surface area contributed by atoms with Gasteiger partial charge in [0.05, 0.1) is 21.8 Å². The molecule has 0 aliphatic carbocycles. The Labute approximate surface area is 198 Å². The van der Waals surface area contributed by atoms with E-state index in [9.17, 15) is 31.5 Å². The van der Waals surface area contributed by atoms with Crippen molar-refractivity contribution in [2.45, 2.75) is 25.0 Å². The summed E-state index contributed by atoms with van der Waals surface area (Å²) in [4.78, 5) is 15.8. The molecule has 1 N–H and O–H groups in total. The third-order valence-corrected chi connectivity index (χ3v) is 6.63. The summed E-state index contributed by atoms with van der Waals surface area (Å²) >= 11 is 6.21. The molecule has 0 bridgehead atoms. The molecule has 34 heavy (non-hydrogen) atoms. The van der Waals surface area contributed by atoms with Crippen LogP contribution in [0.3, 0.4) is 0 Å². The highest BCUT2D eigenvalue weighted by molar-refractivity contribution is 7.91. The number of carboxylic acid groups (broad SMARTS) is 1. The highest BCUT2D eigenvalue weighted by Gasteiger charge is 2.43. The van der Waals surface area contributed by atoms with E-state index in [1.807, 2.05) is 0 Å². The summed E-state index contributed by atoms with van der Waals surface area (Å²) in [7, 11) is -4.41. The van der Waals surface area contributed by atoms with Crippen LogP contribution in [-0.4, -0.2) is 30.7 Å². The lowest BCUT2D eigenvalue weighted by atomic mass is 9.96. The van der Waals surface area contributed by atoms with Crippen molar-refractivity contribution in [2.24, 2.45) is 0 Å². The lowest BCUT2D eigenvalue weighted by Crippen LogP contribution is -2.23. The molecule has 0 spiro atoms. The Morgan fingerprint density at radius 3 is 2.35 bits per heavy atom. The first kappa shape index (κ1) is 25.5. The number of halogens is 4. The number of hydrogen-bond acceptors (Lipinski definition) is 5. The van der Waals surface area contributed by atoms with Crippen LogP contribution in [0.1, 0.15) is 43.6 Å². The zero-order chi connectivity index (χ0) is 25.3. The van der Waals surface area contributed by atoms with Gasteiger partial charge >= 0.3 is 12.1 Å². The number of aromatic nitrogens is 1. The maximum atomic E-state index is 14.1. The van der Waals surface area contributed by atoms with E-state index >= 15 is 0 Å². The topological polar surface area (TPSA) is 93.6 Å². The van der Waals surface area contributed by atoms with Crippen LogP contribution in [0.15, 0.2) is 54.7 Å². The van der Waals surface area contributed by atoms with Crippen LogP contribution in [0.2, 0.25) is 5.02 Å². The van der Waals surface area contributed by atoms with Crippen molar-refractivity contribution in [1.82, 2.24) is 4.98 Å². The van der Waals surface area contributed by atoms with Gasteiger partial charge in [-0.15, -0.1) is 0 Å². The number of carbonyl (C=O) groups is 1. The second kappa shape index (κ2) is 9.63. The fraction of sp³-hybridized carbons (Fsp3) is 0.217. The number of benzene rings is 2. The Hall–Kier alpha value is -3.11. The van der Waals surface area contributed by atoms with E-state index in [-0.39, 0.29) is 17.2 Å².